The molecule has 4 aromatic rings. The quantitative estimate of drug-likeness (QED) is 0.543. The van der Waals surface area contributed by atoms with Crippen molar-refractivity contribution in [2.75, 3.05) is 5.32 Å². The van der Waals surface area contributed by atoms with Gasteiger partial charge in [-0.25, -0.2) is 15.0 Å². The number of carbonyl (C=O) groups is 1. The van der Waals surface area contributed by atoms with E-state index in [9.17, 15) is 4.79 Å². The fourth-order valence-corrected chi connectivity index (χ4v) is 3.35. The molecule has 6 nitrogen and oxygen atoms in total. The molecule has 1 amide bonds. The largest absolute Gasteiger partial charge is 0.311 e. The number of benzene rings is 2. The molecule has 144 valence electrons. The van der Waals surface area contributed by atoms with Crippen LogP contribution in [0.2, 0.25) is 0 Å². The second-order valence-corrected chi connectivity index (χ2v) is 6.73. The molecule has 1 N–H and O–H groups in total. The summed E-state index contributed by atoms with van der Waals surface area (Å²) in [5, 5.41) is 2.91. The predicted molar refractivity (Wildman–Crippen MR) is 112 cm³/mol. The molecule has 0 aliphatic heterocycles. The van der Waals surface area contributed by atoms with Crippen LogP contribution in [0.3, 0.4) is 0 Å². The summed E-state index contributed by atoms with van der Waals surface area (Å²) in [5.41, 5.74) is 2.21. The van der Waals surface area contributed by atoms with Gasteiger partial charge in [0.2, 0.25) is 5.91 Å². The van der Waals surface area contributed by atoms with Crippen LogP contribution in [0, 0.1) is 6.92 Å². The van der Waals surface area contributed by atoms with Crippen molar-refractivity contribution in [3.05, 3.63) is 102 Å². The second-order valence-electron chi connectivity index (χ2n) is 6.73. The highest BCUT2D eigenvalue weighted by atomic mass is 16.1. The number of rotatable bonds is 6. The van der Waals surface area contributed by atoms with Crippen molar-refractivity contribution in [3.63, 3.8) is 0 Å². The van der Waals surface area contributed by atoms with Gasteiger partial charge in [-0.1, -0.05) is 60.7 Å². The van der Waals surface area contributed by atoms with Gasteiger partial charge in [0.1, 0.15) is 23.8 Å². The summed E-state index contributed by atoms with van der Waals surface area (Å²) in [7, 11) is 0. The lowest BCUT2D eigenvalue weighted by atomic mass is 9.88. The maximum absolute atomic E-state index is 12.8. The summed E-state index contributed by atoms with van der Waals surface area (Å²) in [6.45, 7) is 1.89. The standard InChI is InChI=1S/C23H21N5O/c1-17-24-12-13-28(17)22-15-21(25-16-26-22)27-23(29)14-20(18-8-4-2-5-9-18)19-10-6-3-7-11-19/h2-13,15-16,20H,14H2,1H3,(H,25,26,27,29). The lowest BCUT2D eigenvalue weighted by Crippen LogP contribution is -2.17. The molecule has 6 heteroatoms. The average Bonchev–Trinajstić information content (AvgIpc) is 3.19. The number of nitrogens with zero attached hydrogens (tertiary/aromatic N) is 4. The van der Waals surface area contributed by atoms with Gasteiger partial charge in [-0.05, 0) is 18.1 Å². The zero-order valence-electron chi connectivity index (χ0n) is 16.1. The molecule has 29 heavy (non-hydrogen) atoms. The minimum Gasteiger partial charge on any atom is -0.311 e. The Kier molecular flexibility index (Phi) is 5.42. The molecule has 0 saturated carbocycles. The van der Waals surface area contributed by atoms with E-state index in [2.05, 4.69) is 44.5 Å². The second kappa shape index (κ2) is 8.48. The SMILES string of the molecule is Cc1nccn1-c1cc(NC(=O)CC(c2ccccc2)c2ccccc2)ncn1. The van der Waals surface area contributed by atoms with Crippen molar-refractivity contribution < 1.29 is 4.79 Å². The van der Waals surface area contributed by atoms with Crippen molar-refractivity contribution in [1.82, 2.24) is 19.5 Å². The first-order valence-corrected chi connectivity index (χ1v) is 9.43. The number of aromatic nitrogens is 4. The molecule has 0 saturated heterocycles. The van der Waals surface area contributed by atoms with Crippen molar-refractivity contribution in [2.45, 2.75) is 19.3 Å². The summed E-state index contributed by atoms with van der Waals surface area (Å²) in [6.07, 6.45) is 5.29. The molecule has 4 rings (SSSR count). The van der Waals surface area contributed by atoms with Crippen LogP contribution < -0.4 is 5.32 Å². The zero-order chi connectivity index (χ0) is 20.1. The molecular weight excluding hydrogens is 362 g/mol. The molecule has 0 aliphatic carbocycles. The van der Waals surface area contributed by atoms with E-state index in [1.54, 1.807) is 12.3 Å². The summed E-state index contributed by atoms with van der Waals surface area (Å²) in [4.78, 5) is 25.5. The van der Waals surface area contributed by atoms with Crippen LogP contribution in [0.5, 0.6) is 0 Å². The van der Waals surface area contributed by atoms with E-state index in [0.717, 1.165) is 17.0 Å². The summed E-state index contributed by atoms with van der Waals surface area (Å²) in [5.74, 6) is 1.81. The lowest BCUT2D eigenvalue weighted by Gasteiger charge is -2.18. The van der Waals surface area contributed by atoms with E-state index >= 15 is 0 Å². The predicted octanol–water partition coefficient (Wildman–Crippen LogP) is 4.13. The Balaban J connectivity index is 1.54. The average molecular weight is 383 g/mol. The van der Waals surface area contributed by atoms with Crippen LogP contribution in [0.15, 0.2) is 85.5 Å². The molecule has 0 spiro atoms. The van der Waals surface area contributed by atoms with Crippen molar-refractivity contribution >= 4 is 11.7 Å². The molecule has 2 aromatic heterocycles. The van der Waals surface area contributed by atoms with Gasteiger partial charge >= 0.3 is 0 Å². The number of hydrogen-bond acceptors (Lipinski definition) is 4. The zero-order valence-corrected chi connectivity index (χ0v) is 16.1. The third-order valence-electron chi connectivity index (χ3n) is 4.79. The number of imidazole rings is 1. The number of nitrogens with one attached hydrogen (secondary N) is 1. The summed E-state index contributed by atoms with van der Waals surface area (Å²) < 4.78 is 1.84. The molecule has 2 aromatic carbocycles. The maximum Gasteiger partial charge on any atom is 0.226 e. The van der Waals surface area contributed by atoms with Crippen LogP contribution in [0.4, 0.5) is 5.82 Å². The third-order valence-corrected chi connectivity index (χ3v) is 4.79. The van der Waals surface area contributed by atoms with E-state index in [0.29, 0.717) is 18.1 Å². The number of hydrogen-bond donors (Lipinski definition) is 1. The van der Waals surface area contributed by atoms with Gasteiger partial charge in [-0.15, -0.1) is 0 Å². The molecule has 0 fully saturated rings. The first-order chi connectivity index (χ1) is 14.2. The van der Waals surface area contributed by atoms with E-state index in [4.69, 9.17) is 0 Å². The van der Waals surface area contributed by atoms with Gasteiger partial charge in [0.15, 0.2) is 0 Å². The van der Waals surface area contributed by atoms with Gasteiger partial charge < -0.3 is 5.32 Å². The molecule has 0 aliphatic rings. The molecular formula is C23H21N5O. The minimum absolute atomic E-state index is 0.0328. The van der Waals surface area contributed by atoms with E-state index < -0.39 is 0 Å². The highest BCUT2D eigenvalue weighted by Gasteiger charge is 2.18. The first kappa shape index (κ1) is 18.6. The normalized spacial score (nSPS) is 10.8. The Labute approximate surface area is 169 Å². The Bertz CT molecular complexity index is 1050. The molecule has 2 heterocycles. The van der Waals surface area contributed by atoms with E-state index in [1.165, 1.54) is 6.33 Å². The van der Waals surface area contributed by atoms with Gasteiger partial charge in [-0.2, -0.15) is 0 Å². The molecule has 0 unspecified atom stereocenters. The van der Waals surface area contributed by atoms with Crippen LogP contribution in [0.1, 0.15) is 29.3 Å². The van der Waals surface area contributed by atoms with E-state index in [-0.39, 0.29) is 11.8 Å². The maximum atomic E-state index is 12.8. The number of anilines is 1. The Hall–Kier alpha value is -3.80. The number of carbonyl (C=O) groups excluding carboxylic acids is 1. The Morgan fingerprint density at radius 2 is 1.62 bits per heavy atom. The topological polar surface area (TPSA) is 72.7 Å². The third kappa shape index (κ3) is 4.38. The summed E-state index contributed by atoms with van der Waals surface area (Å²) >= 11 is 0. The Morgan fingerprint density at radius 3 is 2.21 bits per heavy atom. The van der Waals surface area contributed by atoms with Gasteiger partial charge in [0.05, 0.1) is 0 Å². The highest BCUT2D eigenvalue weighted by Crippen LogP contribution is 2.28. The van der Waals surface area contributed by atoms with Gasteiger partial charge in [0.25, 0.3) is 0 Å². The molecule has 0 atom stereocenters. The number of amides is 1. The fraction of sp³-hybridized carbons (Fsp3) is 0.130. The monoisotopic (exact) mass is 383 g/mol. The smallest absolute Gasteiger partial charge is 0.226 e. The van der Waals surface area contributed by atoms with Gasteiger partial charge in [-0.3, -0.25) is 9.36 Å². The van der Waals surface area contributed by atoms with Crippen LogP contribution in [-0.4, -0.2) is 25.4 Å². The van der Waals surface area contributed by atoms with E-state index in [1.807, 2.05) is 54.1 Å². The number of aryl methyl sites for hydroxylation is 1. The van der Waals surface area contributed by atoms with Crippen molar-refractivity contribution in [1.29, 1.82) is 0 Å². The van der Waals surface area contributed by atoms with Crippen LogP contribution in [-0.2, 0) is 4.79 Å². The first-order valence-electron chi connectivity index (χ1n) is 9.43. The highest BCUT2D eigenvalue weighted by molar-refractivity contribution is 5.90. The van der Waals surface area contributed by atoms with Gasteiger partial charge in [0, 0.05) is 30.8 Å². The Morgan fingerprint density at radius 1 is 0.966 bits per heavy atom. The molecule has 0 radical (unpaired) electrons. The molecule has 0 bridgehead atoms. The van der Waals surface area contributed by atoms with Crippen LogP contribution in [0.25, 0.3) is 5.82 Å². The lowest BCUT2D eigenvalue weighted by molar-refractivity contribution is -0.116. The minimum atomic E-state index is -0.102. The van der Waals surface area contributed by atoms with Crippen LogP contribution >= 0.6 is 0 Å². The summed E-state index contributed by atoms with van der Waals surface area (Å²) in [6, 6.07) is 21.9. The fourth-order valence-electron chi connectivity index (χ4n) is 3.35. The van der Waals surface area contributed by atoms with Crippen molar-refractivity contribution in [3.8, 4) is 5.82 Å². The van der Waals surface area contributed by atoms with Crippen molar-refractivity contribution in [2.24, 2.45) is 0 Å².